The molecule has 0 spiro atoms. The molecule has 6 heteroatoms. The largest absolute Gasteiger partial charge is 0.464 e. The number of carbonyl (C=O) groups excluding carboxylic acids is 1. The number of aryl methyl sites for hydroxylation is 1. The van der Waals surface area contributed by atoms with E-state index in [0.29, 0.717) is 23.8 Å². The average molecular weight is 362 g/mol. The predicted octanol–water partition coefficient (Wildman–Crippen LogP) is 3.73. The second-order valence-corrected chi connectivity index (χ2v) is 8.60. The molecule has 1 aliphatic rings. The highest BCUT2D eigenvalue weighted by molar-refractivity contribution is 7.18. The van der Waals surface area contributed by atoms with Crippen molar-refractivity contribution in [1.82, 2.24) is 9.55 Å². The molecule has 0 saturated carbocycles. The third-order valence-corrected chi connectivity index (χ3v) is 6.10. The fourth-order valence-electron chi connectivity index (χ4n) is 3.25. The molecule has 0 fully saturated rings. The number of fused-ring (bicyclic) bond motifs is 3. The van der Waals surface area contributed by atoms with Gasteiger partial charge in [0.1, 0.15) is 10.9 Å². The van der Waals surface area contributed by atoms with Crippen molar-refractivity contribution < 1.29 is 9.53 Å². The van der Waals surface area contributed by atoms with Gasteiger partial charge in [-0.25, -0.2) is 9.78 Å². The Kier molecular flexibility index (Phi) is 5.27. The molecule has 2 aromatic heterocycles. The van der Waals surface area contributed by atoms with E-state index in [9.17, 15) is 9.59 Å². The van der Waals surface area contributed by atoms with E-state index in [1.165, 1.54) is 15.8 Å². The zero-order chi connectivity index (χ0) is 18.1. The Morgan fingerprint density at radius 1 is 1.44 bits per heavy atom. The number of nitrogens with zero attached hydrogens (tertiary/aromatic N) is 2. The minimum atomic E-state index is -0.658. The van der Waals surface area contributed by atoms with Crippen LogP contribution in [0.5, 0.6) is 0 Å². The van der Waals surface area contributed by atoms with Gasteiger partial charge in [0.15, 0.2) is 0 Å². The van der Waals surface area contributed by atoms with Crippen LogP contribution in [-0.2, 0) is 22.4 Å². The molecule has 0 N–H and O–H groups in total. The first kappa shape index (κ1) is 18.1. The van der Waals surface area contributed by atoms with Crippen LogP contribution in [0.3, 0.4) is 0 Å². The predicted molar refractivity (Wildman–Crippen MR) is 100 cm³/mol. The Bertz CT molecular complexity index is 837. The Labute approximate surface area is 152 Å². The molecule has 2 heterocycles. The molecule has 0 unspecified atom stereocenters. The molecule has 0 bridgehead atoms. The second-order valence-electron chi connectivity index (χ2n) is 7.51. The van der Waals surface area contributed by atoms with Crippen molar-refractivity contribution in [1.29, 1.82) is 0 Å². The van der Waals surface area contributed by atoms with Gasteiger partial charge in [-0.3, -0.25) is 9.36 Å². The van der Waals surface area contributed by atoms with Crippen LogP contribution in [0.15, 0.2) is 11.1 Å². The van der Waals surface area contributed by atoms with Gasteiger partial charge >= 0.3 is 5.97 Å². The number of hydrogen-bond donors (Lipinski definition) is 0. The van der Waals surface area contributed by atoms with Gasteiger partial charge in [0.05, 0.1) is 18.3 Å². The Morgan fingerprint density at radius 3 is 2.92 bits per heavy atom. The highest BCUT2D eigenvalue weighted by atomic mass is 32.1. The van der Waals surface area contributed by atoms with Crippen molar-refractivity contribution in [2.75, 3.05) is 6.61 Å². The van der Waals surface area contributed by atoms with E-state index in [4.69, 9.17) is 4.74 Å². The van der Waals surface area contributed by atoms with E-state index in [1.807, 2.05) is 0 Å². The summed E-state index contributed by atoms with van der Waals surface area (Å²) in [6, 6.07) is -0.658. The summed E-state index contributed by atoms with van der Waals surface area (Å²) in [5.41, 5.74) is 1.02. The lowest BCUT2D eigenvalue weighted by Gasteiger charge is -2.18. The summed E-state index contributed by atoms with van der Waals surface area (Å²) in [6.45, 7) is 8.50. The molecule has 0 saturated heterocycles. The first-order valence-electron chi connectivity index (χ1n) is 9.06. The topological polar surface area (TPSA) is 61.2 Å². The van der Waals surface area contributed by atoms with Crippen molar-refractivity contribution in [3.8, 4) is 0 Å². The van der Waals surface area contributed by atoms with Gasteiger partial charge in [0.2, 0.25) is 0 Å². The summed E-state index contributed by atoms with van der Waals surface area (Å²) >= 11 is 1.62. The van der Waals surface area contributed by atoms with Crippen LogP contribution in [0.1, 0.15) is 57.0 Å². The maximum atomic E-state index is 13.0. The summed E-state index contributed by atoms with van der Waals surface area (Å²) in [6.07, 6.45) is 5.35. The van der Waals surface area contributed by atoms with Crippen molar-refractivity contribution in [3.63, 3.8) is 0 Å². The molecule has 5 nitrogen and oxygen atoms in total. The lowest BCUT2D eigenvalue weighted by molar-refractivity contribution is -0.147. The van der Waals surface area contributed by atoms with Gasteiger partial charge in [-0.1, -0.05) is 20.8 Å². The normalized spacial score (nSPS) is 18.4. The van der Waals surface area contributed by atoms with Gasteiger partial charge < -0.3 is 4.74 Å². The molecule has 1 aliphatic carbocycles. The zero-order valence-electron chi connectivity index (χ0n) is 15.4. The molecule has 2 aromatic rings. The van der Waals surface area contributed by atoms with E-state index in [1.54, 1.807) is 18.3 Å². The summed E-state index contributed by atoms with van der Waals surface area (Å²) in [5, 5.41) is 0.705. The summed E-state index contributed by atoms with van der Waals surface area (Å²) in [4.78, 5) is 31.8. The van der Waals surface area contributed by atoms with Crippen molar-refractivity contribution in [2.45, 2.75) is 59.4 Å². The van der Waals surface area contributed by atoms with E-state index < -0.39 is 6.04 Å². The van der Waals surface area contributed by atoms with E-state index in [-0.39, 0.29) is 11.5 Å². The smallest absolute Gasteiger partial charge is 0.328 e. The number of hydrogen-bond acceptors (Lipinski definition) is 5. The number of thiophene rings is 1. The molecule has 2 atom stereocenters. The molecule has 25 heavy (non-hydrogen) atoms. The molecule has 0 amide bonds. The van der Waals surface area contributed by atoms with Crippen molar-refractivity contribution in [3.05, 3.63) is 27.1 Å². The van der Waals surface area contributed by atoms with Gasteiger partial charge in [0.25, 0.3) is 5.56 Å². The Hall–Kier alpha value is -1.69. The molecule has 0 aliphatic heterocycles. The number of rotatable bonds is 5. The van der Waals surface area contributed by atoms with Crippen LogP contribution in [0.25, 0.3) is 10.2 Å². The SMILES string of the molecule is CC(C)CCOC(=O)[C@H](C)n1cnc2sc3c(c2c1=O)CC[C@H](C)C3. The standard InChI is InChI=1S/C19H26N2O3S/c1-11(2)7-8-24-19(23)13(4)21-10-20-17-16(18(21)22)14-6-5-12(3)9-15(14)25-17/h10-13H,5-9H2,1-4H3/t12-,13-/m0/s1. The van der Waals surface area contributed by atoms with Crippen LogP contribution in [0.2, 0.25) is 0 Å². The molecular weight excluding hydrogens is 336 g/mol. The quantitative estimate of drug-likeness (QED) is 0.760. The van der Waals surface area contributed by atoms with E-state index in [2.05, 4.69) is 25.8 Å². The first-order valence-corrected chi connectivity index (χ1v) is 9.88. The first-order chi connectivity index (χ1) is 11.9. The minimum Gasteiger partial charge on any atom is -0.464 e. The molecule has 0 radical (unpaired) electrons. The maximum Gasteiger partial charge on any atom is 0.328 e. The van der Waals surface area contributed by atoms with Gasteiger partial charge in [-0.15, -0.1) is 11.3 Å². The van der Waals surface area contributed by atoms with Crippen LogP contribution < -0.4 is 5.56 Å². The molecule has 3 rings (SSSR count). The zero-order valence-corrected chi connectivity index (χ0v) is 16.2. The second kappa shape index (κ2) is 7.28. The Balaban J connectivity index is 1.88. The lowest BCUT2D eigenvalue weighted by Crippen LogP contribution is -2.30. The third-order valence-electron chi connectivity index (χ3n) is 4.94. The number of esters is 1. The summed E-state index contributed by atoms with van der Waals surface area (Å²) in [7, 11) is 0. The van der Waals surface area contributed by atoms with E-state index >= 15 is 0 Å². The lowest BCUT2D eigenvalue weighted by atomic mass is 9.89. The fraction of sp³-hybridized carbons (Fsp3) is 0.632. The van der Waals surface area contributed by atoms with E-state index in [0.717, 1.165) is 36.1 Å². The monoisotopic (exact) mass is 362 g/mol. The van der Waals surface area contributed by atoms with Crippen LogP contribution in [-0.4, -0.2) is 22.1 Å². The average Bonchev–Trinajstić information content (AvgIpc) is 2.92. The number of carbonyl (C=O) groups is 1. The number of aromatic nitrogens is 2. The van der Waals surface area contributed by atoms with Crippen LogP contribution in [0, 0.1) is 11.8 Å². The molecular formula is C19H26N2O3S. The summed E-state index contributed by atoms with van der Waals surface area (Å²) in [5.74, 6) is 0.753. The van der Waals surface area contributed by atoms with Crippen LogP contribution in [0.4, 0.5) is 0 Å². The van der Waals surface area contributed by atoms with Gasteiger partial charge in [0, 0.05) is 4.88 Å². The summed E-state index contributed by atoms with van der Waals surface area (Å²) < 4.78 is 6.74. The van der Waals surface area contributed by atoms with Crippen LogP contribution >= 0.6 is 11.3 Å². The molecule has 0 aromatic carbocycles. The van der Waals surface area contributed by atoms with Crippen molar-refractivity contribution in [2.24, 2.45) is 11.8 Å². The van der Waals surface area contributed by atoms with Gasteiger partial charge in [-0.2, -0.15) is 0 Å². The maximum absolute atomic E-state index is 13.0. The highest BCUT2D eigenvalue weighted by Gasteiger charge is 2.25. The number of ether oxygens (including phenoxy) is 1. The minimum absolute atomic E-state index is 0.120. The fourth-order valence-corrected chi connectivity index (χ4v) is 4.59. The highest BCUT2D eigenvalue weighted by Crippen LogP contribution is 2.35. The third kappa shape index (κ3) is 3.64. The van der Waals surface area contributed by atoms with Gasteiger partial charge in [-0.05, 0) is 50.0 Å². The molecule has 136 valence electrons. The van der Waals surface area contributed by atoms with Crippen molar-refractivity contribution >= 4 is 27.5 Å². The Morgan fingerprint density at radius 2 is 2.20 bits per heavy atom.